The summed E-state index contributed by atoms with van der Waals surface area (Å²) in [7, 11) is -4.10. The molecule has 1 aliphatic rings. The number of aliphatic hydroxyl groups is 1. The number of rotatable bonds is 3. The Kier molecular flexibility index (Phi) is 4.38. The number of hydrogen-bond acceptors (Lipinski definition) is 3. The van der Waals surface area contributed by atoms with Crippen LogP contribution >= 0.6 is 0 Å². The topological polar surface area (TPSA) is 66.4 Å². The van der Waals surface area contributed by atoms with Crippen LogP contribution in [-0.4, -0.2) is 26.2 Å². The Hall–Kier alpha value is -1.49. The number of sulfonamides is 1. The fraction of sp³-hybridized carbons (Fsp3) is 0.385. The van der Waals surface area contributed by atoms with Gasteiger partial charge < -0.3 is 5.11 Å². The fourth-order valence-electron chi connectivity index (χ4n) is 1.87. The molecule has 0 unspecified atom stereocenters. The van der Waals surface area contributed by atoms with Crippen LogP contribution in [0.1, 0.15) is 24.8 Å². The van der Waals surface area contributed by atoms with Crippen molar-refractivity contribution in [2.75, 3.05) is 6.61 Å². The summed E-state index contributed by atoms with van der Waals surface area (Å²) in [6.45, 7) is -0.534. The predicted octanol–water partition coefficient (Wildman–Crippen LogP) is 1.14. The largest absolute Gasteiger partial charge is 0.384 e. The third-order valence-electron chi connectivity index (χ3n) is 3.01. The maximum absolute atomic E-state index is 13.8. The summed E-state index contributed by atoms with van der Waals surface area (Å²) in [4.78, 5) is -0.674. The van der Waals surface area contributed by atoms with Gasteiger partial charge in [0, 0.05) is 12.1 Å². The van der Waals surface area contributed by atoms with Crippen molar-refractivity contribution >= 4 is 10.0 Å². The van der Waals surface area contributed by atoms with Gasteiger partial charge in [0.25, 0.3) is 0 Å². The van der Waals surface area contributed by atoms with Gasteiger partial charge in [-0.3, -0.25) is 0 Å². The van der Waals surface area contributed by atoms with E-state index in [0.717, 1.165) is 12.5 Å². The van der Waals surface area contributed by atoms with E-state index < -0.39 is 33.2 Å². The first-order valence-corrected chi connectivity index (χ1v) is 7.53. The predicted molar refractivity (Wildman–Crippen MR) is 68.3 cm³/mol. The molecule has 2 N–H and O–H groups in total. The van der Waals surface area contributed by atoms with Gasteiger partial charge in [-0.25, -0.2) is 21.9 Å². The Morgan fingerprint density at radius 2 is 2.05 bits per heavy atom. The van der Waals surface area contributed by atoms with E-state index in [1.807, 2.05) is 0 Å². The molecular formula is C13H13F2NO3S. The molecule has 4 nitrogen and oxygen atoms in total. The highest BCUT2D eigenvalue weighted by molar-refractivity contribution is 7.89. The number of aliphatic hydroxyl groups excluding tert-OH is 1. The highest BCUT2D eigenvalue weighted by atomic mass is 32.2. The summed E-state index contributed by atoms with van der Waals surface area (Å²) < 4.78 is 53.7. The standard InChI is InChI=1S/C13H13F2NO3S/c14-10-7-9(3-2-6-17)13(12(15)8-10)20(18,19)16-11-4-1-5-11/h7-8,11,16-17H,1,4-6H2. The lowest BCUT2D eigenvalue weighted by atomic mass is 9.94. The normalized spacial score (nSPS) is 15.3. The lowest BCUT2D eigenvalue weighted by molar-refractivity contribution is 0.350. The van der Waals surface area contributed by atoms with E-state index in [4.69, 9.17) is 5.11 Å². The van der Waals surface area contributed by atoms with E-state index in [-0.39, 0.29) is 11.6 Å². The van der Waals surface area contributed by atoms with E-state index in [0.29, 0.717) is 18.9 Å². The zero-order valence-corrected chi connectivity index (χ0v) is 11.3. The van der Waals surface area contributed by atoms with Crippen LogP contribution in [0.5, 0.6) is 0 Å². The second kappa shape index (κ2) is 5.87. The number of hydrogen-bond donors (Lipinski definition) is 2. The highest BCUT2D eigenvalue weighted by Crippen LogP contribution is 2.25. The number of benzene rings is 1. The molecule has 0 amide bonds. The van der Waals surface area contributed by atoms with Crippen LogP contribution in [0.2, 0.25) is 0 Å². The van der Waals surface area contributed by atoms with Crippen LogP contribution in [0.25, 0.3) is 0 Å². The highest BCUT2D eigenvalue weighted by Gasteiger charge is 2.29. The Labute approximate surface area is 115 Å². The maximum atomic E-state index is 13.8. The molecule has 0 aromatic heterocycles. The molecule has 1 saturated carbocycles. The second-order valence-corrected chi connectivity index (χ2v) is 6.12. The minimum absolute atomic E-state index is 0.219. The fourth-order valence-corrected chi connectivity index (χ4v) is 3.37. The molecule has 0 radical (unpaired) electrons. The number of nitrogens with one attached hydrogen (secondary N) is 1. The third kappa shape index (κ3) is 3.15. The van der Waals surface area contributed by atoms with Crippen molar-refractivity contribution in [1.82, 2.24) is 4.72 Å². The van der Waals surface area contributed by atoms with Gasteiger partial charge in [0.15, 0.2) is 0 Å². The van der Waals surface area contributed by atoms with Gasteiger partial charge in [-0.15, -0.1) is 0 Å². The molecule has 1 aliphatic carbocycles. The summed E-state index contributed by atoms with van der Waals surface area (Å²) in [6, 6.07) is 1.11. The zero-order valence-electron chi connectivity index (χ0n) is 10.5. The van der Waals surface area contributed by atoms with Gasteiger partial charge in [-0.2, -0.15) is 0 Å². The van der Waals surface area contributed by atoms with Crippen molar-refractivity contribution in [3.63, 3.8) is 0 Å². The minimum atomic E-state index is -4.10. The lowest BCUT2D eigenvalue weighted by Gasteiger charge is -2.26. The van der Waals surface area contributed by atoms with Crippen molar-refractivity contribution in [3.05, 3.63) is 29.3 Å². The Bertz CT molecular complexity index is 673. The van der Waals surface area contributed by atoms with Crippen molar-refractivity contribution in [3.8, 4) is 11.8 Å². The van der Waals surface area contributed by atoms with Gasteiger partial charge in [-0.05, 0) is 18.9 Å². The van der Waals surface area contributed by atoms with Crippen LogP contribution in [0, 0.1) is 23.5 Å². The molecule has 0 spiro atoms. The van der Waals surface area contributed by atoms with Crippen molar-refractivity contribution in [1.29, 1.82) is 0 Å². The van der Waals surface area contributed by atoms with Gasteiger partial charge in [0.1, 0.15) is 23.1 Å². The molecule has 0 atom stereocenters. The minimum Gasteiger partial charge on any atom is -0.384 e. The number of halogens is 2. The van der Waals surface area contributed by atoms with Crippen LogP contribution in [0.3, 0.4) is 0 Å². The molecular weight excluding hydrogens is 288 g/mol. The first-order chi connectivity index (χ1) is 9.44. The molecule has 1 fully saturated rings. The molecule has 7 heteroatoms. The first-order valence-electron chi connectivity index (χ1n) is 6.05. The van der Waals surface area contributed by atoms with Gasteiger partial charge in [0.2, 0.25) is 10.0 Å². The van der Waals surface area contributed by atoms with Crippen molar-refractivity contribution < 1.29 is 22.3 Å². The summed E-state index contributed by atoms with van der Waals surface area (Å²) in [5, 5.41) is 8.63. The lowest BCUT2D eigenvalue weighted by Crippen LogP contribution is -2.40. The molecule has 20 heavy (non-hydrogen) atoms. The van der Waals surface area contributed by atoms with Crippen LogP contribution in [-0.2, 0) is 10.0 Å². The summed E-state index contributed by atoms with van der Waals surface area (Å²) in [5.41, 5.74) is -0.302. The monoisotopic (exact) mass is 301 g/mol. The summed E-state index contributed by atoms with van der Waals surface area (Å²) in [6.07, 6.45) is 2.30. The molecule has 0 saturated heterocycles. The summed E-state index contributed by atoms with van der Waals surface area (Å²) >= 11 is 0. The van der Waals surface area contributed by atoms with E-state index in [2.05, 4.69) is 16.6 Å². The van der Waals surface area contributed by atoms with E-state index in [1.54, 1.807) is 0 Å². The molecule has 2 rings (SSSR count). The summed E-state index contributed by atoms with van der Waals surface area (Å²) in [5.74, 6) is 2.33. The van der Waals surface area contributed by atoms with E-state index >= 15 is 0 Å². The SMILES string of the molecule is O=S(=O)(NC1CCC1)c1c(F)cc(F)cc1C#CCO. The molecule has 0 bridgehead atoms. The Morgan fingerprint density at radius 1 is 1.35 bits per heavy atom. The quantitative estimate of drug-likeness (QED) is 0.823. The zero-order chi connectivity index (χ0) is 14.8. The second-order valence-electron chi connectivity index (χ2n) is 4.47. The molecule has 1 aromatic carbocycles. The average molecular weight is 301 g/mol. The van der Waals surface area contributed by atoms with Gasteiger partial charge in [-0.1, -0.05) is 18.3 Å². The smallest absolute Gasteiger partial charge is 0.244 e. The first kappa shape index (κ1) is 14.9. The molecule has 0 heterocycles. The van der Waals surface area contributed by atoms with E-state index in [9.17, 15) is 17.2 Å². The Balaban J connectivity index is 2.47. The maximum Gasteiger partial charge on any atom is 0.244 e. The Morgan fingerprint density at radius 3 is 2.60 bits per heavy atom. The molecule has 1 aromatic rings. The van der Waals surface area contributed by atoms with Crippen LogP contribution in [0.15, 0.2) is 17.0 Å². The van der Waals surface area contributed by atoms with Gasteiger partial charge in [0.05, 0.1) is 5.56 Å². The van der Waals surface area contributed by atoms with E-state index in [1.165, 1.54) is 0 Å². The van der Waals surface area contributed by atoms with Crippen molar-refractivity contribution in [2.45, 2.75) is 30.2 Å². The van der Waals surface area contributed by atoms with Crippen LogP contribution in [0.4, 0.5) is 8.78 Å². The third-order valence-corrected chi connectivity index (χ3v) is 4.60. The molecule has 0 aliphatic heterocycles. The van der Waals surface area contributed by atoms with Gasteiger partial charge >= 0.3 is 0 Å². The average Bonchev–Trinajstić information content (AvgIpc) is 2.30. The molecule has 108 valence electrons. The van der Waals surface area contributed by atoms with Crippen molar-refractivity contribution in [2.24, 2.45) is 0 Å². The van der Waals surface area contributed by atoms with Crippen LogP contribution < -0.4 is 4.72 Å².